The summed E-state index contributed by atoms with van der Waals surface area (Å²) in [5.41, 5.74) is -0.797. The molecule has 0 spiro atoms. The van der Waals surface area contributed by atoms with Crippen LogP contribution < -0.4 is 5.32 Å². The minimum absolute atomic E-state index is 0.117. The standard InChI is InChI=1S/C15H17F3N2S/c1-21-14(6-2-3-7-14)10-20-12-5-4-11(9-19)13(8-12)15(16,17)18/h4-5,8,20H,2-3,6-7,10H2,1H3. The number of halogens is 3. The lowest BCUT2D eigenvalue weighted by Crippen LogP contribution is -2.30. The lowest BCUT2D eigenvalue weighted by molar-refractivity contribution is -0.137. The molecule has 1 saturated carbocycles. The van der Waals surface area contributed by atoms with Gasteiger partial charge >= 0.3 is 6.18 Å². The van der Waals surface area contributed by atoms with E-state index < -0.39 is 11.7 Å². The first kappa shape index (κ1) is 16.0. The molecule has 2 rings (SSSR count). The van der Waals surface area contributed by atoms with Gasteiger partial charge in [-0.3, -0.25) is 0 Å². The largest absolute Gasteiger partial charge is 0.417 e. The van der Waals surface area contributed by atoms with Gasteiger partial charge in [-0.25, -0.2) is 0 Å². The van der Waals surface area contributed by atoms with Crippen molar-refractivity contribution in [1.82, 2.24) is 0 Å². The van der Waals surface area contributed by atoms with Crippen LogP contribution in [0.2, 0.25) is 0 Å². The molecular weight excluding hydrogens is 297 g/mol. The molecule has 0 amide bonds. The fourth-order valence-electron chi connectivity index (χ4n) is 2.72. The molecule has 0 atom stereocenters. The van der Waals surface area contributed by atoms with E-state index in [-0.39, 0.29) is 10.3 Å². The van der Waals surface area contributed by atoms with Crippen molar-refractivity contribution in [3.05, 3.63) is 29.3 Å². The molecule has 2 nitrogen and oxygen atoms in total. The van der Waals surface area contributed by atoms with Crippen LogP contribution in [0.5, 0.6) is 0 Å². The second kappa shape index (κ2) is 6.18. The number of benzene rings is 1. The molecule has 1 aliphatic rings. The summed E-state index contributed by atoms with van der Waals surface area (Å²) in [6.07, 6.45) is 2.06. The molecule has 0 heterocycles. The van der Waals surface area contributed by atoms with Gasteiger partial charge in [0.2, 0.25) is 0 Å². The van der Waals surface area contributed by atoms with Gasteiger partial charge in [0.1, 0.15) is 0 Å². The first-order chi connectivity index (χ1) is 9.90. The van der Waals surface area contributed by atoms with Gasteiger partial charge in [0.15, 0.2) is 0 Å². The maximum Gasteiger partial charge on any atom is 0.417 e. The molecule has 1 fully saturated rings. The summed E-state index contributed by atoms with van der Waals surface area (Å²) >= 11 is 1.78. The zero-order valence-corrected chi connectivity index (χ0v) is 12.6. The molecule has 114 valence electrons. The van der Waals surface area contributed by atoms with Crippen molar-refractivity contribution in [3.63, 3.8) is 0 Å². The van der Waals surface area contributed by atoms with E-state index in [2.05, 4.69) is 5.32 Å². The van der Waals surface area contributed by atoms with E-state index in [0.29, 0.717) is 12.2 Å². The van der Waals surface area contributed by atoms with Gasteiger partial charge in [-0.2, -0.15) is 30.2 Å². The fraction of sp³-hybridized carbons (Fsp3) is 0.533. The smallest absolute Gasteiger partial charge is 0.384 e. The van der Waals surface area contributed by atoms with Crippen LogP contribution in [0.4, 0.5) is 18.9 Å². The molecule has 1 aliphatic carbocycles. The molecule has 1 N–H and O–H groups in total. The van der Waals surface area contributed by atoms with Gasteiger partial charge in [-0.1, -0.05) is 12.8 Å². The first-order valence-electron chi connectivity index (χ1n) is 6.81. The number of thioether (sulfide) groups is 1. The Kier molecular flexibility index (Phi) is 4.72. The number of rotatable bonds is 4. The van der Waals surface area contributed by atoms with Crippen LogP contribution in [-0.4, -0.2) is 17.5 Å². The Hall–Kier alpha value is -1.35. The minimum atomic E-state index is -4.51. The molecule has 0 radical (unpaired) electrons. The Morgan fingerprint density at radius 2 is 2.00 bits per heavy atom. The van der Waals surface area contributed by atoms with Crippen molar-refractivity contribution in [2.45, 2.75) is 36.6 Å². The zero-order valence-electron chi connectivity index (χ0n) is 11.8. The number of anilines is 1. The quantitative estimate of drug-likeness (QED) is 0.877. The number of hydrogen-bond donors (Lipinski definition) is 1. The zero-order chi connectivity index (χ0) is 15.5. The van der Waals surface area contributed by atoms with Crippen LogP contribution in [0.1, 0.15) is 36.8 Å². The molecule has 0 unspecified atom stereocenters. The van der Waals surface area contributed by atoms with Gasteiger partial charge in [-0.15, -0.1) is 0 Å². The minimum Gasteiger partial charge on any atom is -0.384 e. The highest BCUT2D eigenvalue weighted by Gasteiger charge is 2.35. The van der Waals surface area contributed by atoms with Gasteiger partial charge in [0.25, 0.3) is 0 Å². The maximum absolute atomic E-state index is 12.9. The van der Waals surface area contributed by atoms with E-state index in [0.717, 1.165) is 18.9 Å². The Balaban J connectivity index is 2.16. The molecule has 0 saturated heterocycles. The Labute approximate surface area is 126 Å². The summed E-state index contributed by atoms with van der Waals surface area (Å²) in [7, 11) is 0. The monoisotopic (exact) mass is 314 g/mol. The average Bonchev–Trinajstić information content (AvgIpc) is 2.93. The molecule has 0 bridgehead atoms. The summed E-state index contributed by atoms with van der Waals surface area (Å²) < 4.78 is 38.9. The Bertz CT molecular complexity index is 543. The second-order valence-electron chi connectivity index (χ2n) is 5.32. The van der Waals surface area contributed by atoms with Crippen LogP contribution in [0, 0.1) is 11.3 Å². The van der Waals surface area contributed by atoms with Crippen molar-refractivity contribution >= 4 is 17.4 Å². The summed E-state index contributed by atoms with van der Waals surface area (Å²) in [4.78, 5) is 0. The average molecular weight is 314 g/mol. The van der Waals surface area contributed by atoms with Crippen LogP contribution >= 0.6 is 11.8 Å². The number of alkyl halides is 3. The van der Waals surface area contributed by atoms with Crippen molar-refractivity contribution in [2.75, 3.05) is 18.1 Å². The van der Waals surface area contributed by atoms with Crippen molar-refractivity contribution in [3.8, 4) is 6.07 Å². The normalized spacial score (nSPS) is 17.5. The summed E-state index contributed by atoms with van der Waals surface area (Å²) in [5, 5.41) is 11.9. The number of hydrogen-bond acceptors (Lipinski definition) is 3. The summed E-state index contributed by atoms with van der Waals surface area (Å²) in [5.74, 6) is 0. The summed E-state index contributed by atoms with van der Waals surface area (Å²) in [6, 6.07) is 5.39. The van der Waals surface area contributed by atoms with E-state index in [1.54, 1.807) is 17.8 Å². The first-order valence-corrected chi connectivity index (χ1v) is 8.03. The van der Waals surface area contributed by atoms with Crippen LogP contribution in [-0.2, 0) is 6.18 Å². The molecule has 0 aromatic heterocycles. The van der Waals surface area contributed by atoms with Crippen molar-refractivity contribution < 1.29 is 13.2 Å². The van der Waals surface area contributed by atoms with E-state index in [1.165, 1.54) is 25.0 Å². The van der Waals surface area contributed by atoms with Crippen molar-refractivity contribution in [2.24, 2.45) is 0 Å². The highest BCUT2D eigenvalue weighted by Crippen LogP contribution is 2.40. The lowest BCUT2D eigenvalue weighted by atomic mass is 10.1. The SMILES string of the molecule is CSC1(CNc2ccc(C#N)c(C(F)(F)F)c2)CCCC1. The molecule has 21 heavy (non-hydrogen) atoms. The van der Waals surface area contributed by atoms with Gasteiger partial charge in [0, 0.05) is 17.0 Å². The van der Waals surface area contributed by atoms with Crippen molar-refractivity contribution in [1.29, 1.82) is 5.26 Å². The van der Waals surface area contributed by atoms with Crippen LogP contribution in [0.3, 0.4) is 0 Å². The number of nitrogens with zero attached hydrogens (tertiary/aromatic N) is 1. The highest BCUT2D eigenvalue weighted by molar-refractivity contribution is 8.00. The Morgan fingerprint density at radius 1 is 1.33 bits per heavy atom. The third-order valence-corrected chi connectivity index (χ3v) is 5.43. The highest BCUT2D eigenvalue weighted by atomic mass is 32.2. The molecule has 0 aliphatic heterocycles. The second-order valence-corrected chi connectivity index (χ2v) is 6.59. The third kappa shape index (κ3) is 3.65. The van der Waals surface area contributed by atoms with Gasteiger partial charge in [0.05, 0.1) is 17.2 Å². The third-order valence-electron chi connectivity index (χ3n) is 4.01. The van der Waals surface area contributed by atoms with E-state index >= 15 is 0 Å². The Morgan fingerprint density at radius 3 is 2.52 bits per heavy atom. The van der Waals surface area contributed by atoms with E-state index in [1.807, 2.05) is 6.26 Å². The fourth-order valence-corrected chi connectivity index (χ4v) is 3.64. The molecular formula is C15H17F3N2S. The van der Waals surface area contributed by atoms with Gasteiger partial charge in [-0.05, 0) is 37.3 Å². The maximum atomic E-state index is 12.9. The van der Waals surface area contributed by atoms with E-state index in [4.69, 9.17) is 5.26 Å². The molecule has 1 aromatic rings. The van der Waals surface area contributed by atoms with Crippen LogP contribution in [0.25, 0.3) is 0 Å². The summed E-state index contributed by atoms with van der Waals surface area (Å²) in [6.45, 7) is 0.650. The molecule has 6 heteroatoms. The van der Waals surface area contributed by atoms with E-state index in [9.17, 15) is 13.2 Å². The lowest BCUT2D eigenvalue weighted by Gasteiger charge is -2.27. The van der Waals surface area contributed by atoms with Gasteiger partial charge < -0.3 is 5.32 Å². The number of nitrogens with one attached hydrogen (secondary N) is 1. The predicted octanol–water partition coefficient (Wildman–Crippen LogP) is 4.66. The topological polar surface area (TPSA) is 35.8 Å². The number of nitriles is 1. The molecule has 1 aromatic carbocycles. The predicted molar refractivity (Wildman–Crippen MR) is 79.4 cm³/mol. The van der Waals surface area contributed by atoms with Crippen LogP contribution in [0.15, 0.2) is 18.2 Å².